The number of aromatic nitrogens is 1. The topological polar surface area (TPSA) is 54.5 Å². The van der Waals surface area contributed by atoms with Crippen LogP contribution in [0, 0.1) is 6.92 Å². The van der Waals surface area contributed by atoms with Crippen molar-refractivity contribution in [2.45, 2.75) is 20.0 Å². The van der Waals surface area contributed by atoms with Crippen molar-refractivity contribution < 1.29 is 9.53 Å². The SMILES string of the molecule is Cc1nc(-c2ccccc2)ccc1C(=O)NCc1ccccc1CN1CCOCC1. The van der Waals surface area contributed by atoms with Gasteiger partial charge in [0.25, 0.3) is 5.91 Å². The molecule has 0 atom stereocenters. The molecule has 1 fully saturated rings. The highest BCUT2D eigenvalue weighted by atomic mass is 16.5. The molecule has 0 radical (unpaired) electrons. The number of benzene rings is 2. The maximum Gasteiger partial charge on any atom is 0.253 e. The maximum atomic E-state index is 12.8. The van der Waals surface area contributed by atoms with E-state index < -0.39 is 0 Å². The van der Waals surface area contributed by atoms with Gasteiger partial charge in [0, 0.05) is 31.7 Å². The third-order valence-corrected chi connectivity index (χ3v) is 5.46. The third-order valence-electron chi connectivity index (χ3n) is 5.46. The maximum absolute atomic E-state index is 12.8. The fraction of sp³-hybridized carbons (Fsp3) is 0.280. The van der Waals surface area contributed by atoms with E-state index in [1.165, 1.54) is 5.56 Å². The van der Waals surface area contributed by atoms with Crippen molar-refractivity contribution in [1.29, 1.82) is 0 Å². The standard InChI is InChI=1S/C25H27N3O2/c1-19-23(11-12-24(27-19)20-7-3-2-4-8-20)25(29)26-17-21-9-5-6-10-22(21)18-28-13-15-30-16-14-28/h2-12H,13-18H2,1H3,(H,26,29). The van der Waals surface area contributed by atoms with Gasteiger partial charge in [0.05, 0.1) is 30.2 Å². The second-order valence-electron chi connectivity index (χ2n) is 7.54. The Morgan fingerprint density at radius 1 is 0.967 bits per heavy atom. The van der Waals surface area contributed by atoms with Gasteiger partial charge in [0.1, 0.15) is 0 Å². The van der Waals surface area contributed by atoms with Gasteiger partial charge in [-0.3, -0.25) is 14.7 Å². The molecule has 1 N–H and O–H groups in total. The van der Waals surface area contributed by atoms with Crippen molar-refractivity contribution in [3.05, 3.63) is 89.1 Å². The van der Waals surface area contributed by atoms with Gasteiger partial charge in [-0.15, -0.1) is 0 Å². The minimum absolute atomic E-state index is 0.0965. The van der Waals surface area contributed by atoms with E-state index in [1.807, 2.05) is 55.5 Å². The zero-order valence-corrected chi connectivity index (χ0v) is 17.3. The number of morpholine rings is 1. The number of pyridine rings is 1. The van der Waals surface area contributed by atoms with Gasteiger partial charge in [0.15, 0.2) is 0 Å². The molecule has 0 spiro atoms. The molecular weight excluding hydrogens is 374 g/mol. The molecule has 1 saturated heterocycles. The molecule has 4 rings (SSSR count). The monoisotopic (exact) mass is 401 g/mol. The molecule has 1 aliphatic rings. The average Bonchev–Trinajstić information content (AvgIpc) is 2.79. The number of nitrogens with one attached hydrogen (secondary N) is 1. The molecule has 0 unspecified atom stereocenters. The first-order chi connectivity index (χ1) is 14.7. The summed E-state index contributed by atoms with van der Waals surface area (Å²) < 4.78 is 5.44. The second-order valence-corrected chi connectivity index (χ2v) is 7.54. The minimum atomic E-state index is -0.0965. The summed E-state index contributed by atoms with van der Waals surface area (Å²) >= 11 is 0. The first kappa shape index (κ1) is 20.3. The van der Waals surface area contributed by atoms with Crippen LogP contribution in [-0.2, 0) is 17.8 Å². The zero-order chi connectivity index (χ0) is 20.8. The molecule has 1 aliphatic heterocycles. The van der Waals surface area contributed by atoms with E-state index in [-0.39, 0.29) is 5.91 Å². The van der Waals surface area contributed by atoms with Crippen LogP contribution in [0.25, 0.3) is 11.3 Å². The molecule has 1 aromatic heterocycles. The molecule has 1 amide bonds. The predicted octanol–water partition coefficient (Wildman–Crippen LogP) is 3.82. The van der Waals surface area contributed by atoms with Crippen molar-refractivity contribution in [2.24, 2.45) is 0 Å². The number of nitrogens with zero attached hydrogens (tertiary/aromatic N) is 2. The summed E-state index contributed by atoms with van der Waals surface area (Å²) in [6, 6.07) is 22.1. The second kappa shape index (κ2) is 9.65. The Balaban J connectivity index is 1.42. The average molecular weight is 402 g/mol. The Kier molecular flexibility index (Phi) is 6.52. The molecule has 2 aromatic carbocycles. The van der Waals surface area contributed by atoms with Crippen molar-refractivity contribution in [3.8, 4) is 11.3 Å². The third kappa shape index (κ3) is 4.93. The lowest BCUT2D eigenvalue weighted by molar-refractivity contribution is 0.0340. The summed E-state index contributed by atoms with van der Waals surface area (Å²) in [4.78, 5) is 19.8. The van der Waals surface area contributed by atoms with Gasteiger partial charge in [0.2, 0.25) is 0 Å². The summed E-state index contributed by atoms with van der Waals surface area (Å²) in [6.07, 6.45) is 0. The van der Waals surface area contributed by atoms with Crippen LogP contribution < -0.4 is 5.32 Å². The number of carbonyl (C=O) groups is 1. The fourth-order valence-electron chi connectivity index (χ4n) is 3.73. The molecular formula is C25H27N3O2. The lowest BCUT2D eigenvalue weighted by Crippen LogP contribution is -2.36. The number of amides is 1. The van der Waals surface area contributed by atoms with Gasteiger partial charge in [-0.05, 0) is 30.2 Å². The Hall–Kier alpha value is -3.02. The molecule has 0 bridgehead atoms. The first-order valence-corrected chi connectivity index (χ1v) is 10.4. The molecule has 5 nitrogen and oxygen atoms in total. The van der Waals surface area contributed by atoms with Crippen LogP contribution in [0.15, 0.2) is 66.7 Å². The lowest BCUT2D eigenvalue weighted by atomic mass is 10.1. The van der Waals surface area contributed by atoms with Crippen molar-refractivity contribution >= 4 is 5.91 Å². The van der Waals surface area contributed by atoms with E-state index >= 15 is 0 Å². The van der Waals surface area contributed by atoms with Crippen LogP contribution in [0.1, 0.15) is 27.2 Å². The number of carbonyl (C=O) groups excluding carboxylic acids is 1. The minimum Gasteiger partial charge on any atom is -0.379 e. The fourth-order valence-corrected chi connectivity index (χ4v) is 3.73. The summed E-state index contributed by atoms with van der Waals surface area (Å²) in [5.74, 6) is -0.0965. The van der Waals surface area contributed by atoms with Crippen molar-refractivity contribution in [2.75, 3.05) is 26.3 Å². The summed E-state index contributed by atoms with van der Waals surface area (Å²) in [7, 11) is 0. The largest absolute Gasteiger partial charge is 0.379 e. The normalized spacial score (nSPS) is 14.4. The Bertz CT molecular complexity index is 998. The summed E-state index contributed by atoms with van der Waals surface area (Å²) in [6.45, 7) is 6.71. The van der Waals surface area contributed by atoms with Crippen LogP contribution in [0.5, 0.6) is 0 Å². The van der Waals surface area contributed by atoms with Gasteiger partial charge in [-0.25, -0.2) is 0 Å². The Morgan fingerprint density at radius 2 is 1.67 bits per heavy atom. The van der Waals surface area contributed by atoms with E-state index in [2.05, 4.69) is 33.4 Å². The molecule has 5 heteroatoms. The van der Waals surface area contributed by atoms with E-state index in [9.17, 15) is 4.79 Å². The van der Waals surface area contributed by atoms with Gasteiger partial charge in [-0.2, -0.15) is 0 Å². The Labute approximate surface area is 177 Å². The van der Waals surface area contributed by atoms with E-state index in [0.29, 0.717) is 12.1 Å². The highest BCUT2D eigenvalue weighted by Gasteiger charge is 2.15. The Morgan fingerprint density at radius 3 is 2.40 bits per heavy atom. The summed E-state index contributed by atoms with van der Waals surface area (Å²) in [5, 5.41) is 3.07. The highest BCUT2D eigenvalue weighted by Crippen LogP contribution is 2.19. The smallest absolute Gasteiger partial charge is 0.253 e. The molecule has 154 valence electrons. The van der Waals surface area contributed by atoms with Gasteiger partial charge >= 0.3 is 0 Å². The lowest BCUT2D eigenvalue weighted by Gasteiger charge is -2.27. The summed E-state index contributed by atoms with van der Waals surface area (Å²) in [5.41, 5.74) is 5.65. The van der Waals surface area contributed by atoms with Crippen LogP contribution in [0.4, 0.5) is 0 Å². The van der Waals surface area contributed by atoms with E-state index in [1.54, 1.807) is 0 Å². The van der Waals surface area contributed by atoms with Crippen LogP contribution in [-0.4, -0.2) is 42.1 Å². The first-order valence-electron chi connectivity index (χ1n) is 10.4. The molecule has 3 aromatic rings. The van der Waals surface area contributed by atoms with Crippen molar-refractivity contribution in [1.82, 2.24) is 15.2 Å². The van der Waals surface area contributed by atoms with Gasteiger partial charge in [-0.1, -0.05) is 54.6 Å². The quantitative estimate of drug-likeness (QED) is 0.682. The van der Waals surface area contributed by atoms with Crippen LogP contribution in [0.3, 0.4) is 0 Å². The van der Waals surface area contributed by atoms with E-state index in [4.69, 9.17) is 4.74 Å². The number of ether oxygens (including phenoxy) is 1. The molecule has 30 heavy (non-hydrogen) atoms. The molecule has 0 aliphatic carbocycles. The van der Waals surface area contributed by atoms with Crippen LogP contribution in [0.2, 0.25) is 0 Å². The van der Waals surface area contributed by atoms with Gasteiger partial charge < -0.3 is 10.1 Å². The van der Waals surface area contributed by atoms with Crippen LogP contribution >= 0.6 is 0 Å². The predicted molar refractivity (Wildman–Crippen MR) is 118 cm³/mol. The number of rotatable bonds is 6. The molecule has 2 heterocycles. The van der Waals surface area contributed by atoms with E-state index in [0.717, 1.165) is 55.4 Å². The number of hydrogen-bond donors (Lipinski definition) is 1. The van der Waals surface area contributed by atoms with Crippen molar-refractivity contribution in [3.63, 3.8) is 0 Å². The number of aryl methyl sites for hydroxylation is 1. The number of hydrogen-bond acceptors (Lipinski definition) is 4. The zero-order valence-electron chi connectivity index (χ0n) is 17.3. The molecule has 0 saturated carbocycles. The highest BCUT2D eigenvalue weighted by molar-refractivity contribution is 5.95.